The Morgan fingerprint density at radius 2 is 1.86 bits per heavy atom. The Kier molecular flexibility index (Phi) is 6.53. The van der Waals surface area contributed by atoms with Crippen LogP contribution < -0.4 is 15.4 Å². The normalized spacial score (nSPS) is 9.90. The first-order chi connectivity index (χ1) is 14.1. The van der Waals surface area contributed by atoms with Gasteiger partial charge in [-0.25, -0.2) is 0 Å². The summed E-state index contributed by atoms with van der Waals surface area (Å²) in [6.45, 7) is 0.122. The van der Waals surface area contributed by atoms with Gasteiger partial charge in [0.25, 0.3) is 11.8 Å². The number of hydrogen-bond donors (Lipinski definition) is 2. The molecule has 0 saturated carbocycles. The van der Waals surface area contributed by atoms with Gasteiger partial charge < -0.3 is 15.4 Å². The first kappa shape index (κ1) is 19.6. The van der Waals surface area contributed by atoms with Crippen molar-refractivity contribution in [1.82, 2.24) is 10.3 Å². The van der Waals surface area contributed by atoms with Crippen LogP contribution in [0.25, 0.3) is 0 Å². The lowest BCUT2D eigenvalue weighted by Gasteiger charge is -2.09. The molecule has 3 aromatic rings. The predicted molar refractivity (Wildman–Crippen MR) is 107 cm³/mol. The van der Waals surface area contributed by atoms with Crippen LogP contribution in [-0.4, -0.2) is 23.4 Å². The van der Waals surface area contributed by atoms with E-state index in [4.69, 9.17) is 10.00 Å². The van der Waals surface area contributed by atoms with Gasteiger partial charge in [-0.3, -0.25) is 14.6 Å². The number of hydrogen-bond acceptors (Lipinski definition) is 5. The van der Waals surface area contributed by atoms with E-state index in [2.05, 4.69) is 15.6 Å². The lowest BCUT2D eigenvalue weighted by Crippen LogP contribution is -2.24. The van der Waals surface area contributed by atoms with Gasteiger partial charge in [-0.1, -0.05) is 12.1 Å². The number of aromatic nitrogens is 1. The molecular weight excluding hydrogens is 368 g/mol. The van der Waals surface area contributed by atoms with Crippen LogP contribution >= 0.6 is 0 Å². The highest BCUT2D eigenvalue weighted by molar-refractivity contribution is 5.97. The Bertz CT molecular complexity index is 1030. The number of carbonyl (C=O) groups excluding carboxylic acids is 2. The number of benzene rings is 2. The van der Waals surface area contributed by atoms with Crippen LogP contribution in [0.2, 0.25) is 0 Å². The van der Waals surface area contributed by atoms with Crippen LogP contribution in [0.1, 0.15) is 21.6 Å². The molecule has 7 heteroatoms. The average Bonchev–Trinajstić information content (AvgIpc) is 2.77. The van der Waals surface area contributed by atoms with Gasteiger partial charge in [-0.05, 0) is 54.6 Å². The van der Waals surface area contributed by atoms with Crippen LogP contribution in [0.15, 0.2) is 72.9 Å². The summed E-state index contributed by atoms with van der Waals surface area (Å²) in [5, 5.41) is 14.3. The Morgan fingerprint density at radius 3 is 2.59 bits per heavy atom. The number of nitrogens with zero attached hydrogens (tertiary/aromatic N) is 2. The van der Waals surface area contributed by atoms with Crippen molar-refractivity contribution in [3.05, 3.63) is 89.7 Å². The minimum Gasteiger partial charge on any atom is -0.484 e. The van der Waals surface area contributed by atoms with Crippen molar-refractivity contribution >= 4 is 17.5 Å². The van der Waals surface area contributed by atoms with Gasteiger partial charge in [0.15, 0.2) is 6.61 Å². The smallest absolute Gasteiger partial charge is 0.262 e. The van der Waals surface area contributed by atoms with E-state index in [1.54, 1.807) is 54.7 Å². The topological polar surface area (TPSA) is 104 Å². The van der Waals surface area contributed by atoms with Crippen molar-refractivity contribution in [3.63, 3.8) is 0 Å². The van der Waals surface area contributed by atoms with Gasteiger partial charge in [0.05, 0.1) is 23.9 Å². The number of ether oxygens (including phenoxy) is 1. The first-order valence-corrected chi connectivity index (χ1v) is 8.85. The zero-order valence-electron chi connectivity index (χ0n) is 15.5. The number of pyridine rings is 1. The Labute approximate surface area is 168 Å². The molecule has 0 radical (unpaired) electrons. The van der Waals surface area contributed by atoms with Gasteiger partial charge in [0.1, 0.15) is 5.75 Å². The number of rotatable bonds is 7. The quantitative estimate of drug-likeness (QED) is 0.650. The van der Waals surface area contributed by atoms with Crippen LogP contribution in [0.5, 0.6) is 5.75 Å². The SMILES string of the molecule is N#Cc1ccc(OCC(=O)Nc2cccc(C(=O)NCc3ccccn3)c2)cc1. The third kappa shape index (κ3) is 5.91. The molecule has 0 bridgehead atoms. The molecule has 1 aromatic heterocycles. The van der Waals surface area contributed by atoms with Crippen LogP contribution in [0.4, 0.5) is 5.69 Å². The van der Waals surface area contributed by atoms with Gasteiger partial charge in [-0.15, -0.1) is 0 Å². The van der Waals surface area contributed by atoms with E-state index in [0.717, 1.165) is 5.69 Å². The lowest BCUT2D eigenvalue weighted by molar-refractivity contribution is -0.118. The van der Waals surface area contributed by atoms with E-state index in [0.29, 0.717) is 29.1 Å². The highest BCUT2D eigenvalue weighted by Gasteiger charge is 2.09. The summed E-state index contributed by atoms with van der Waals surface area (Å²) in [5.74, 6) is -0.136. The number of amides is 2. The van der Waals surface area contributed by atoms with Gasteiger partial charge in [0, 0.05) is 17.4 Å². The second kappa shape index (κ2) is 9.67. The molecule has 3 rings (SSSR count). The molecule has 0 unspecified atom stereocenters. The fourth-order valence-electron chi connectivity index (χ4n) is 2.49. The van der Waals surface area contributed by atoms with Gasteiger partial charge in [-0.2, -0.15) is 5.26 Å². The van der Waals surface area contributed by atoms with Crippen molar-refractivity contribution in [2.75, 3.05) is 11.9 Å². The van der Waals surface area contributed by atoms with Gasteiger partial charge >= 0.3 is 0 Å². The Hall–Kier alpha value is -4.18. The molecule has 0 aliphatic rings. The Balaban J connectivity index is 1.52. The molecule has 0 spiro atoms. The molecule has 2 aromatic carbocycles. The number of carbonyl (C=O) groups is 2. The molecule has 0 fully saturated rings. The predicted octanol–water partition coefficient (Wildman–Crippen LogP) is 2.90. The molecule has 0 saturated heterocycles. The second-order valence-corrected chi connectivity index (χ2v) is 6.06. The molecule has 2 N–H and O–H groups in total. The zero-order chi connectivity index (χ0) is 20.5. The fraction of sp³-hybridized carbons (Fsp3) is 0.0909. The van der Waals surface area contributed by atoms with Crippen molar-refractivity contribution in [2.45, 2.75) is 6.54 Å². The van der Waals surface area contributed by atoms with Crippen molar-refractivity contribution in [2.24, 2.45) is 0 Å². The monoisotopic (exact) mass is 386 g/mol. The summed E-state index contributed by atoms with van der Waals surface area (Å²) < 4.78 is 5.40. The summed E-state index contributed by atoms with van der Waals surface area (Å²) in [7, 11) is 0. The van der Waals surface area contributed by atoms with Crippen molar-refractivity contribution < 1.29 is 14.3 Å². The Morgan fingerprint density at radius 1 is 1.03 bits per heavy atom. The molecule has 0 aliphatic heterocycles. The summed E-state index contributed by atoms with van der Waals surface area (Å²) in [4.78, 5) is 28.6. The standard InChI is InChI=1S/C22H18N4O3/c23-13-16-7-9-20(10-8-16)29-15-21(27)26-18-6-3-4-17(12-18)22(28)25-14-19-5-1-2-11-24-19/h1-12H,14-15H2,(H,25,28)(H,26,27). The summed E-state index contributed by atoms with van der Waals surface area (Å²) in [5.41, 5.74) is 2.18. The summed E-state index contributed by atoms with van der Waals surface area (Å²) in [6.07, 6.45) is 1.66. The fourth-order valence-corrected chi connectivity index (χ4v) is 2.49. The van der Waals surface area contributed by atoms with E-state index in [9.17, 15) is 9.59 Å². The van der Waals surface area contributed by atoms with Crippen LogP contribution in [0.3, 0.4) is 0 Å². The maximum atomic E-state index is 12.3. The van der Waals surface area contributed by atoms with Gasteiger partial charge in [0.2, 0.25) is 0 Å². The number of anilines is 1. The summed E-state index contributed by atoms with van der Waals surface area (Å²) in [6, 6.07) is 20.6. The second-order valence-electron chi connectivity index (χ2n) is 6.06. The highest BCUT2D eigenvalue weighted by Crippen LogP contribution is 2.13. The first-order valence-electron chi connectivity index (χ1n) is 8.85. The minimum atomic E-state index is -0.361. The molecular formula is C22H18N4O3. The zero-order valence-corrected chi connectivity index (χ0v) is 15.5. The van der Waals surface area contributed by atoms with E-state index >= 15 is 0 Å². The van der Waals surface area contributed by atoms with E-state index in [1.807, 2.05) is 24.3 Å². The van der Waals surface area contributed by atoms with Crippen molar-refractivity contribution in [3.8, 4) is 11.8 Å². The third-order valence-electron chi connectivity index (χ3n) is 3.92. The molecule has 144 valence electrons. The third-order valence-corrected chi connectivity index (χ3v) is 3.92. The average molecular weight is 386 g/mol. The van der Waals surface area contributed by atoms with Crippen LogP contribution in [-0.2, 0) is 11.3 Å². The van der Waals surface area contributed by atoms with Crippen molar-refractivity contribution in [1.29, 1.82) is 5.26 Å². The molecule has 0 aliphatic carbocycles. The highest BCUT2D eigenvalue weighted by atomic mass is 16.5. The minimum absolute atomic E-state index is 0.192. The molecule has 0 atom stereocenters. The molecule has 1 heterocycles. The van der Waals surface area contributed by atoms with E-state index in [-0.39, 0.29) is 18.4 Å². The maximum Gasteiger partial charge on any atom is 0.262 e. The molecule has 29 heavy (non-hydrogen) atoms. The maximum absolute atomic E-state index is 12.3. The largest absolute Gasteiger partial charge is 0.484 e. The molecule has 2 amide bonds. The number of nitriles is 1. The molecule has 7 nitrogen and oxygen atoms in total. The van der Waals surface area contributed by atoms with Crippen LogP contribution in [0, 0.1) is 11.3 Å². The lowest BCUT2D eigenvalue weighted by atomic mass is 10.2. The van der Waals surface area contributed by atoms with E-state index in [1.165, 1.54) is 0 Å². The summed E-state index contributed by atoms with van der Waals surface area (Å²) >= 11 is 0. The van der Waals surface area contributed by atoms with E-state index < -0.39 is 0 Å². The number of nitrogens with one attached hydrogen (secondary N) is 2.